The van der Waals surface area contributed by atoms with Gasteiger partial charge < -0.3 is 14.5 Å². The molecule has 0 saturated carbocycles. The van der Waals surface area contributed by atoms with Gasteiger partial charge in [-0.3, -0.25) is 9.59 Å². The molecule has 2 aliphatic rings. The quantitative estimate of drug-likeness (QED) is 0.408. The summed E-state index contributed by atoms with van der Waals surface area (Å²) < 4.78 is 32.3. The van der Waals surface area contributed by atoms with Crippen LogP contribution in [0.1, 0.15) is 37.7 Å². The average molecular weight is 559 g/mol. The van der Waals surface area contributed by atoms with Crippen LogP contribution in [0.2, 0.25) is 5.02 Å². The molecule has 0 spiro atoms. The first kappa shape index (κ1) is 26.2. The first-order valence-electron chi connectivity index (χ1n) is 12.3. The van der Waals surface area contributed by atoms with Crippen LogP contribution in [0.15, 0.2) is 47.5 Å². The number of ether oxygens (including phenoxy) is 1. The van der Waals surface area contributed by atoms with Crippen LogP contribution in [0, 0.1) is 0 Å². The topological polar surface area (TPSA) is 119 Å². The van der Waals surface area contributed by atoms with E-state index < -0.39 is 15.8 Å². The number of nitrogens with zero attached hydrogens (tertiary/aromatic N) is 4. The number of fused-ring (bicyclic) bond motifs is 2. The third-order valence-corrected chi connectivity index (χ3v) is 9.01. The molecule has 2 aliphatic heterocycles. The monoisotopic (exact) mass is 558 g/mol. The van der Waals surface area contributed by atoms with Crippen LogP contribution in [0.25, 0.3) is 10.8 Å². The van der Waals surface area contributed by atoms with Gasteiger partial charge in [-0.1, -0.05) is 23.7 Å². The Morgan fingerprint density at radius 1 is 1.11 bits per heavy atom. The summed E-state index contributed by atoms with van der Waals surface area (Å²) in [5, 5.41) is 2.18. The van der Waals surface area contributed by atoms with E-state index in [1.165, 1.54) is 11.5 Å². The van der Waals surface area contributed by atoms with Gasteiger partial charge in [-0.2, -0.15) is 0 Å². The molecule has 38 heavy (non-hydrogen) atoms. The lowest BCUT2D eigenvalue weighted by molar-refractivity contribution is -0.142. The second kappa shape index (κ2) is 10.4. The van der Waals surface area contributed by atoms with E-state index in [0.717, 1.165) is 16.5 Å². The number of amides is 2. The third-order valence-electron chi connectivity index (χ3n) is 7.06. The highest BCUT2D eigenvalue weighted by atomic mass is 35.5. The number of likely N-dealkylation sites (tertiary alicyclic amines) is 1. The highest BCUT2D eigenvalue weighted by Gasteiger charge is 2.37. The van der Waals surface area contributed by atoms with Crippen molar-refractivity contribution >= 4 is 50.1 Å². The molecular weight excluding hydrogens is 532 g/mol. The Labute approximate surface area is 225 Å². The maximum Gasteiger partial charge on any atom is 0.330 e. The zero-order chi connectivity index (χ0) is 27.0. The Bertz CT molecular complexity index is 1530. The van der Waals surface area contributed by atoms with Crippen molar-refractivity contribution in [3.63, 3.8) is 0 Å². The van der Waals surface area contributed by atoms with Crippen molar-refractivity contribution < 1.29 is 27.5 Å². The number of imidazole rings is 1. The summed E-state index contributed by atoms with van der Waals surface area (Å²) in [6, 6.07) is 9.84. The Kier molecular flexibility index (Phi) is 7.15. The second-order valence-corrected chi connectivity index (χ2v) is 12.1. The molecule has 2 amide bonds. The van der Waals surface area contributed by atoms with Crippen LogP contribution in [0.4, 0.5) is 4.79 Å². The largest absolute Gasteiger partial charge is 0.458 e. The maximum atomic E-state index is 13.0. The van der Waals surface area contributed by atoms with Crippen LogP contribution in [0.3, 0.4) is 0 Å². The minimum absolute atomic E-state index is 0.0529. The van der Waals surface area contributed by atoms with Gasteiger partial charge in [-0.25, -0.2) is 22.8 Å². The first-order chi connectivity index (χ1) is 18.1. The van der Waals surface area contributed by atoms with Crippen molar-refractivity contribution in [2.24, 2.45) is 0 Å². The molecule has 2 aromatic carbocycles. The van der Waals surface area contributed by atoms with Crippen LogP contribution < -0.4 is 0 Å². The average Bonchev–Trinajstić information content (AvgIpc) is 3.45. The number of sulfone groups is 1. The zero-order valence-electron chi connectivity index (χ0n) is 20.8. The number of halogens is 1. The fraction of sp³-hybridized carbons (Fsp3) is 0.385. The molecule has 0 unspecified atom stereocenters. The smallest absolute Gasteiger partial charge is 0.330 e. The molecule has 1 fully saturated rings. The second-order valence-electron chi connectivity index (χ2n) is 9.53. The van der Waals surface area contributed by atoms with Crippen LogP contribution in [0.5, 0.6) is 0 Å². The summed E-state index contributed by atoms with van der Waals surface area (Å²) in [6.07, 6.45) is 2.69. The number of piperidine rings is 1. The molecule has 0 bridgehead atoms. The maximum absolute atomic E-state index is 13.0. The molecule has 1 saturated heterocycles. The predicted octanol–water partition coefficient (Wildman–Crippen LogP) is 3.39. The molecule has 10 nitrogen and oxygen atoms in total. The molecule has 0 atom stereocenters. The van der Waals surface area contributed by atoms with Crippen molar-refractivity contribution in [1.29, 1.82) is 0 Å². The number of esters is 1. The van der Waals surface area contributed by atoms with E-state index in [1.807, 2.05) is 0 Å². The highest BCUT2D eigenvalue weighted by molar-refractivity contribution is 7.91. The number of rotatable bonds is 7. The molecule has 0 N–H and O–H groups in total. The molecule has 0 aliphatic carbocycles. The standard InChI is InChI=1S/C26H27ClN4O6S/c1-17(32)37-16-24-28-14-22-15-30(26(34)31(22)24)21-6-9-29(10-7-21)25(33)8-11-38(35,36)23-5-3-18-12-20(27)4-2-19(18)13-23/h2-5,12-14,21H,6-11,15-16H2,1H3. The van der Waals surface area contributed by atoms with Crippen molar-refractivity contribution in [2.45, 2.75) is 50.3 Å². The minimum atomic E-state index is -3.64. The first-order valence-corrected chi connectivity index (χ1v) is 14.3. The van der Waals surface area contributed by atoms with E-state index in [2.05, 4.69) is 4.98 Å². The van der Waals surface area contributed by atoms with Gasteiger partial charge in [0.15, 0.2) is 15.7 Å². The summed E-state index contributed by atoms with van der Waals surface area (Å²) >= 11 is 6.00. The summed E-state index contributed by atoms with van der Waals surface area (Å²) in [7, 11) is -3.64. The van der Waals surface area contributed by atoms with Gasteiger partial charge in [0.2, 0.25) is 5.91 Å². The summed E-state index contributed by atoms with van der Waals surface area (Å²) in [4.78, 5) is 44.8. The molecule has 1 aromatic heterocycles. The minimum Gasteiger partial charge on any atom is -0.458 e. The van der Waals surface area contributed by atoms with E-state index in [0.29, 0.717) is 43.3 Å². The normalized spacial score (nSPS) is 16.2. The molecule has 5 rings (SSSR count). The number of hydrogen-bond donors (Lipinski definition) is 0. The highest BCUT2D eigenvalue weighted by Crippen LogP contribution is 2.27. The van der Waals surface area contributed by atoms with Gasteiger partial charge in [0.1, 0.15) is 6.61 Å². The Morgan fingerprint density at radius 3 is 2.55 bits per heavy atom. The van der Waals surface area contributed by atoms with Crippen molar-refractivity contribution in [1.82, 2.24) is 19.4 Å². The molecule has 0 radical (unpaired) electrons. The number of carbonyl (C=O) groups is 3. The molecule has 200 valence electrons. The van der Waals surface area contributed by atoms with E-state index in [-0.39, 0.29) is 41.7 Å². The van der Waals surface area contributed by atoms with Gasteiger partial charge in [0.25, 0.3) is 0 Å². The van der Waals surface area contributed by atoms with Crippen LogP contribution in [-0.2, 0) is 37.3 Å². The Morgan fingerprint density at radius 2 is 1.82 bits per heavy atom. The van der Waals surface area contributed by atoms with E-state index in [1.54, 1.807) is 52.4 Å². The van der Waals surface area contributed by atoms with Crippen LogP contribution >= 0.6 is 11.6 Å². The van der Waals surface area contributed by atoms with Gasteiger partial charge in [-0.05, 0) is 47.9 Å². The Hall–Kier alpha value is -3.44. The number of carbonyl (C=O) groups excluding carboxylic acids is 3. The Balaban J connectivity index is 1.15. The van der Waals surface area contributed by atoms with Gasteiger partial charge in [0.05, 0.1) is 29.1 Å². The third kappa shape index (κ3) is 5.25. The summed E-state index contributed by atoms with van der Waals surface area (Å²) in [5.41, 5.74) is 0.734. The SMILES string of the molecule is CC(=O)OCc1ncc2n1C(=O)N(C1CCN(C(=O)CCS(=O)(=O)c3ccc4cc(Cl)ccc4c3)CC1)C2. The van der Waals surface area contributed by atoms with Crippen molar-refractivity contribution in [3.8, 4) is 0 Å². The van der Waals surface area contributed by atoms with Crippen LogP contribution in [-0.4, -0.2) is 70.6 Å². The number of aromatic nitrogens is 2. The molecule has 12 heteroatoms. The van der Waals surface area contributed by atoms with Crippen molar-refractivity contribution in [3.05, 3.63) is 59.1 Å². The summed E-state index contributed by atoms with van der Waals surface area (Å²) in [5.74, 6) is -0.557. The fourth-order valence-corrected chi connectivity index (χ4v) is 6.45. The number of benzene rings is 2. The van der Waals surface area contributed by atoms with Gasteiger partial charge in [-0.15, -0.1) is 0 Å². The van der Waals surface area contributed by atoms with E-state index in [9.17, 15) is 22.8 Å². The molecular formula is C26H27ClN4O6S. The molecule has 3 heterocycles. The predicted molar refractivity (Wildman–Crippen MR) is 139 cm³/mol. The number of hydrogen-bond acceptors (Lipinski definition) is 7. The lowest BCUT2D eigenvalue weighted by Crippen LogP contribution is -2.47. The fourth-order valence-electron chi connectivity index (χ4n) is 5.01. The summed E-state index contributed by atoms with van der Waals surface area (Å²) in [6.45, 7) is 2.51. The lowest BCUT2D eigenvalue weighted by Gasteiger charge is -2.36. The van der Waals surface area contributed by atoms with Gasteiger partial charge in [0, 0.05) is 37.5 Å². The zero-order valence-corrected chi connectivity index (χ0v) is 22.4. The molecule has 3 aromatic rings. The van der Waals surface area contributed by atoms with E-state index in [4.69, 9.17) is 16.3 Å². The lowest BCUT2D eigenvalue weighted by atomic mass is 10.0. The van der Waals surface area contributed by atoms with Crippen molar-refractivity contribution in [2.75, 3.05) is 18.8 Å². The van der Waals surface area contributed by atoms with Gasteiger partial charge >= 0.3 is 12.0 Å². The van der Waals surface area contributed by atoms with E-state index >= 15 is 0 Å².